The van der Waals surface area contributed by atoms with Gasteiger partial charge >= 0.3 is 0 Å². The second kappa shape index (κ2) is 12.0. The van der Waals surface area contributed by atoms with Crippen LogP contribution in [-0.2, 0) is 9.47 Å². The topological polar surface area (TPSA) is 264 Å². The third-order valence-corrected chi connectivity index (χ3v) is 3.62. The molecule has 25 heavy (non-hydrogen) atoms. The quantitative estimate of drug-likeness (QED) is 0.191. The summed E-state index contributed by atoms with van der Waals surface area (Å²) in [5.74, 6) is 0. The molecule has 0 unspecified atom stereocenters. The Hall–Kier alpha value is -0.520. The van der Waals surface area contributed by atoms with Gasteiger partial charge in [-0.15, -0.1) is 0 Å². The molecular weight excluding hydrogens is 352 g/mol. The highest BCUT2D eigenvalue weighted by molar-refractivity contribution is 4.91. The van der Waals surface area contributed by atoms with E-state index in [-0.39, 0.29) is 11.0 Å². The minimum Gasteiger partial charge on any atom is -0.412 e. The first-order valence-electron chi connectivity index (χ1n) is 7.00. The van der Waals surface area contributed by atoms with Crippen LogP contribution >= 0.6 is 0 Å². The Bertz CT molecular complexity index is 343. The third kappa shape index (κ3) is 6.30. The standard InChI is InChI=1S/C12H24O11.2H2O/c13-1-4(16)7(18)11(5(17)2-14)23-12-10(21)9(20)8(19)6(3-15)22-12;;/h4-21H,1-3H2;2*1H2/t4-,5+,6+,7+,8-,9-,10+,11+,12-;;/m0../s1. The fourth-order valence-corrected chi connectivity index (χ4v) is 2.16. The predicted molar refractivity (Wildman–Crippen MR) is 78.1 cm³/mol. The highest BCUT2D eigenvalue weighted by Gasteiger charge is 2.46. The molecule has 13 nitrogen and oxygen atoms in total. The number of aliphatic hydroxyl groups excluding tert-OH is 9. The van der Waals surface area contributed by atoms with Gasteiger partial charge in [-0.2, -0.15) is 0 Å². The summed E-state index contributed by atoms with van der Waals surface area (Å²) in [6.45, 7) is -2.45. The Kier molecular flexibility index (Phi) is 12.8. The molecule has 0 aliphatic carbocycles. The molecule has 0 spiro atoms. The number of rotatable bonds is 8. The van der Waals surface area contributed by atoms with Crippen molar-refractivity contribution in [1.82, 2.24) is 0 Å². The van der Waals surface area contributed by atoms with E-state index in [4.69, 9.17) is 24.8 Å². The lowest BCUT2D eigenvalue weighted by Crippen LogP contribution is -2.61. The van der Waals surface area contributed by atoms with Crippen LogP contribution in [0.3, 0.4) is 0 Å². The van der Waals surface area contributed by atoms with Crippen LogP contribution in [0.15, 0.2) is 0 Å². The number of hydrogen-bond acceptors (Lipinski definition) is 11. The summed E-state index contributed by atoms with van der Waals surface area (Å²) >= 11 is 0. The molecular formula is C12H28O13. The average molecular weight is 380 g/mol. The first-order valence-corrected chi connectivity index (χ1v) is 7.00. The van der Waals surface area contributed by atoms with Gasteiger partial charge in [0, 0.05) is 0 Å². The minimum atomic E-state index is -1.85. The van der Waals surface area contributed by atoms with Crippen molar-refractivity contribution in [3.05, 3.63) is 0 Å². The van der Waals surface area contributed by atoms with Gasteiger partial charge < -0.3 is 66.4 Å². The minimum absolute atomic E-state index is 0. The summed E-state index contributed by atoms with van der Waals surface area (Å²) in [5.41, 5.74) is 0. The van der Waals surface area contributed by atoms with Crippen LogP contribution in [0.4, 0.5) is 0 Å². The fourth-order valence-electron chi connectivity index (χ4n) is 2.16. The molecule has 0 saturated carbocycles. The molecule has 0 amide bonds. The van der Waals surface area contributed by atoms with Gasteiger partial charge in [-0.05, 0) is 0 Å². The van der Waals surface area contributed by atoms with Crippen LogP contribution in [-0.4, -0.2) is 132 Å². The summed E-state index contributed by atoms with van der Waals surface area (Å²) in [4.78, 5) is 0. The van der Waals surface area contributed by atoms with Gasteiger partial charge in [-0.1, -0.05) is 0 Å². The molecule has 1 saturated heterocycles. The van der Waals surface area contributed by atoms with Crippen molar-refractivity contribution in [1.29, 1.82) is 0 Å². The van der Waals surface area contributed by atoms with Crippen molar-refractivity contribution in [2.24, 2.45) is 0 Å². The molecule has 0 bridgehead atoms. The Morgan fingerprint density at radius 3 is 1.76 bits per heavy atom. The third-order valence-electron chi connectivity index (χ3n) is 3.62. The molecule has 154 valence electrons. The molecule has 1 heterocycles. The predicted octanol–water partition coefficient (Wildman–Crippen LogP) is -7.41. The van der Waals surface area contributed by atoms with E-state index in [0.29, 0.717) is 0 Å². The van der Waals surface area contributed by atoms with E-state index in [1.54, 1.807) is 0 Å². The highest BCUT2D eigenvalue weighted by Crippen LogP contribution is 2.24. The summed E-state index contributed by atoms with van der Waals surface area (Å²) in [6, 6.07) is 0. The molecule has 13 heteroatoms. The van der Waals surface area contributed by atoms with Crippen molar-refractivity contribution in [2.75, 3.05) is 19.8 Å². The Morgan fingerprint density at radius 1 is 0.800 bits per heavy atom. The van der Waals surface area contributed by atoms with Crippen LogP contribution < -0.4 is 0 Å². The molecule has 13 N–H and O–H groups in total. The Morgan fingerprint density at radius 2 is 1.32 bits per heavy atom. The molecule has 0 radical (unpaired) electrons. The van der Waals surface area contributed by atoms with Crippen LogP contribution in [0.5, 0.6) is 0 Å². The average Bonchev–Trinajstić information content (AvgIpc) is 2.57. The smallest absolute Gasteiger partial charge is 0.187 e. The zero-order valence-electron chi connectivity index (χ0n) is 13.2. The van der Waals surface area contributed by atoms with Crippen molar-refractivity contribution in [2.45, 2.75) is 55.1 Å². The summed E-state index contributed by atoms with van der Waals surface area (Å²) in [6.07, 6.45) is -15.1. The molecule has 1 fully saturated rings. The highest BCUT2D eigenvalue weighted by atomic mass is 16.7. The number of aliphatic hydroxyl groups is 9. The van der Waals surface area contributed by atoms with E-state index in [0.717, 1.165) is 0 Å². The zero-order valence-corrected chi connectivity index (χ0v) is 13.2. The van der Waals surface area contributed by atoms with Gasteiger partial charge in [0.05, 0.1) is 19.8 Å². The Labute approximate surface area is 142 Å². The van der Waals surface area contributed by atoms with Crippen LogP contribution in [0, 0.1) is 0 Å². The molecule has 1 aliphatic heterocycles. The largest absolute Gasteiger partial charge is 0.412 e. The van der Waals surface area contributed by atoms with Gasteiger partial charge in [0.2, 0.25) is 0 Å². The van der Waals surface area contributed by atoms with E-state index >= 15 is 0 Å². The monoisotopic (exact) mass is 380 g/mol. The second-order valence-corrected chi connectivity index (χ2v) is 5.29. The molecule has 0 aromatic heterocycles. The normalized spacial score (nSPS) is 34.2. The maximum absolute atomic E-state index is 9.83. The van der Waals surface area contributed by atoms with Crippen molar-refractivity contribution in [3.8, 4) is 0 Å². The molecule has 0 aromatic carbocycles. The van der Waals surface area contributed by atoms with Gasteiger partial charge in [-0.25, -0.2) is 0 Å². The van der Waals surface area contributed by atoms with E-state index < -0.39 is 74.9 Å². The van der Waals surface area contributed by atoms with E-state index in [1.807, 2.05) is 0 Å². The number of ether oxygens (including phenoxy) is 2. The van der Waals surface area contributed by atoms with E-state index in [2.05, 4.69) is 0 Å². The van der Waals surface area contributed by atoms with Gasteiger partial charge in [-0.3, -0.25) is 0 Å². The lowest BCUT2D eigenvalue weighted by Gasteiger charge is -2.42. The lowest BCUT2D eigenvalue weighted by molar-refractivity contribution is -0.327. The van der Waals surface area contributed by atoms with E-state index in [9.17, 15) is 30.6 Å². The molecule has 9 atom stereocenters. The summed E-state index contributed by atoms with van der Waals surface area (Å²) in [5, 5.41) is 84.9. The first-order chi connectivity index (χ1) is 10.8. The van der Waals surface area contributed by atoms with Gasteiger partial charge in [0.25, 0.3) is 0 Å². The SMILES string of the molecule is O.O.OC[C@@H](O)[C@@H](O[C@@H]1O[C@H](CO)[C@H](O)[C@H](O)[C@H]1O)[C@H](O)[C@@H](O)CO. The maximum Gasteiger partial charge on any atom is 0.187 e. The lowest BCUT2D eigenvalue weighted by atomic mass is 9.98. The fraction of sp³-hybridized carbons (Fsp3) is 1.00. The maximum atomic E-state index is 9.83. The van der Waals surface area contributed by atoms with Crippen LogP contribution in [0.1, 0.15) is 0 Å². The molecule has 0 aromatic rings. The first kappa shape index (κ1) is 26.7. The molecule has 1 aliphatic rings. The van der Waals surface area contributed by atoms with Crippen LogP contribution in [0.25, 0.3) is 0 Å². The van der Waals surface area contributed by atoms with E-state index in [1.165, 1.54) is 0 Å². The van der Waals surface area contributed by atoms with Crippen molar-refractivity contribution >= 4 is 0 Å². The van der Waals surface area contributed by atoms with Crippen molar-refractivity contribution < 1.29 is 66.4 Å². The van der Waals surface area contributed by atoms with Gasteiger partial charge in [0.15, 0.2) is 6.29 Å². The number of hydrogen-bond donors (Lipinski definition) is 9. The zero-order chi connectivity index (χ0) is 17.7. The summed E-state index contributed by atoms with van der Waals surface area (Å²) in [7, 11) is 0. The molecule has 1 rings (SSSR count). The second-order valence-electron chi connectivity index (χ2n) is 5.29. The Balaban J connectivity index is 0. The van der Waals surface area contributed by atoms with Crippen LogP contribution in [0.2, 0.25) is 0 Å². The van der Waals surface area contributed by atoms with Gasteiger partial charge in [0.1, 0.15) is 48.8 Å². The van der Waals surface area contributed by atoms with Crippen molar-refractivity contribution in [3.63, 3.8) is 0 Å². The summed E-state index contributed by atoms with van der Waals surface area (Å²) < 4.78 is 10.1.